The molecule has 0 bridgehead atoms. The van der Waals surface area contributed by atoms with Crippen LogP contribution in [-0.4, -0.2) is 15.5 Å². The van der Waals surface area contributed by atoms with Crippen molar-refractivity contribution in [2.24, 2.45) is 5.73 Å². The number of amides is 1. The van der Waals surface area contributed by atoms with Gasteiger partial charge in [0.25, 0.3) is 5.91 Å². The Morgan fingerprint density at radius 1 is 1.62 bits per heavy atom. The first-order chi connectivity index (χ1) is 6.20. The number of hydrogen-bond acceptors (Lipinski definition) is 2. The first-order valence-electron chi connectivity index (χ1n) is 3.62. The Hall–Kier alpha value is -1.55. The molecular formula is C8H6ClN3O. The molecule has 0 spiro atoms. The molecule has 2 aromatic rings. The summed E-state index contributed by atoms with van der Waals surface area (Å²) in [6.45, 7) is 0. The zero-order valence-corrected chi connectivity index (χ0v) is 7.32. The summed E-state index contributed by atoms with van der Waals surface area (Å²) >= 11 is 5.85. The number of halogens is 1. The van der Waals surface area contributed by atoms with Gasteiger partial charge in [0.15, 0.2) is 0 Å². The van der Waals surface area contributed by atoms with Crippen molar-refractivity contribution in [3.8, 4) is 0 Å². The summed E-state index contributed by atoms with van der Waals surface area (Å²) in [5.74, 6) is -0.541. The molecule has 2 rings (SSSR count). The van der Waals surface area contributed by atoms with Crippen molar-refractivity contribution in [1.82, 2.24) is 9.61 Å². The van der Waals surface area contributed by atoms with Crippen LogP contribution in [-0.2, 0) is 0 Å². The normalized spacial score (nSPS) is 10.5. The summed E-state index contributed by atoms with van der Waals surface area (Å²) in [5.41, 5.74) is 6.11. The van der Waals surface area contributed by atoms with Crippen LogP contribution in [0.4, 0.5) is 0 Å². The highest BCUT2D eigenvalue weighted by atomic mass is 35.5. The number of hydrogen-bond donors (Lipinski definition) is 1. The first kappa shape index (κ1) is 8.07. The SMILES string of the molecule is NC(=O)c1cc(Cl)c2cccnn12. The van der Waals surface area contributed by atoms with Crippen molar-refractivity contribution in [3.63, 3.8) is 0 Å². The molecule has 0 atom stereocenters. The van der Waals surface area contributed by atoms with Crippen LogP contribution in [0.25, 0.3) is 5.52 Å². The molecule has 13 heavy (non-hydrogen) atoms. The summed E-state index contributed by atoms with van der Waals surface area (Å²) in [4.78, 5) is 10.9. The van der Waals surface area contributed by atoms with E-state index >= 15 is 0 Å². The number of aromatic nitrogens is 2. The Morgan fingerprint density at radius 3 is 3.08 bits per heavy atom. The smallest absolute Gasteiger partial charge is 0.267 e. The minimum absolute atomic E-state index is 0.292. The largest absolute Gasteiger partial charge is 0.364 e. The van der Waals surface area contributed by atoms with Gasteiger partial charge >= 0.3 is 0 Å². The fraction of sp³-hybridized carbons (Fsp3) is 0. The van der Waals surface area contributed by atoms with Crippen LogP contribution >= 0.6 is 11.6 Å². The van der Waals surface area contributed by atoms with E-state index in [0.717, 1.165) is 0 Å². The first-order valence-corrected chi connectivity index (χ1v) is 4.00. The third kappa shape index (κ3) is 1.15. The van der Waals surface area contributed by atoms with Gasteiger partial charge in [0.05, 0.1) is 10.5 Å². The zero-order valence-electron chi connectivity index (χ0n) is 6.57. The number of nitrogens with two attached hydrogens (primary N) is 1. The lowest BCUT2D eigenvalue weighted by atomic mass is 10.4. The predicted octanol–water partition coefficient (Wildman–Crippen LogP) is 1.09. The molecule has 0 aliphatic heterocycles. The Kier molecular flexibility index (Phi) is 1.70. The maximum atomic E-state index is 10.9. The topological polar surface area (TPSA) is 60.4 Å². The minimum atomic E-state index is -0.541. The maximum absolute atomic E-state index is 10.9. The van der Waals surface area contributed by atoms with Crippen LogP contribution < -0.4 is 5.73 Å². The number of rotatable bonds is 1. The van der Waals surface area contributed by atoms with Gasteiger partial charge in [-0.05, 0) is 18.2 Å². The van der Waals surface area contributed by atoms with Crippen molar-refractivity contribution in [2.45, 2.75) is 0 Å². The second kappa shape index (κ2) is 2.74. The second-order valence-corrected chi connectivity index (χ2v) is 2.97. The van der Waals surface area contributed by atoms with E-state index in [1.165, 1.54) is 10.6 Å². The van der Waals surface area contributed by atoms with Crippen molar-refractivity contribution >= 4 is 23.0 Å². The quantitative estimate of drug-likeness (QED) is 0.741. The minimum Gasteiger partial charge on any atom is -0.364 e. The number of fused-ring (bicyclic) bond motifs is 1. The van der Waals surface area contributed by atoms with E-state index in [0.29, 0.717) is 16.2 Å². The van der Waals surface area contributed by atoms with Crippen molar-refractivity contribution in [1.29, 1.82) is 0 Å². The van der Waals surface area contributed by atoms with Gasteiger partial charge in [0.1, 0.15) is 5.69 Å². The summed E-state index contributed by atoms with van der Waals surface area (Å²) in [6.07, 6.45) is 1.57. The average molecular weight is 196 g/mol. The van der Waals surface area contributed by atoms with Gasteiger partial charge in [0.2, 0.25) is 0 Å². The van der Waals surface area contributed by atoms with Gasteiger partial charge in [-0.3, -0.25) is 4.79 Å². The van der Waals surface area contributed by atoms with Gasteiger partial charge in [-0.2, -0.15) is 5.10 Å². The van der Waals surface area contributed by atoms with Crippen molar-refractivity contribution in [3.05, 3.63) is 35.1 Å². The van der Waals surface area contributed by atoms with Crippen LogP contribution in [0.1, 0.15) is 10.5 Å². The van der Waals surface area contributed by atoms with E-state index in [1.54, 1.807) is 18.3 Å². The average Bonchev–Trinajstić information content (AvgIpc) is 2.45. The predicted molar refractivity (Wildman–Crippen MR) is 48.7 cm³/mol. The molecule has 66 valence electrons. The molecule has 0 aliphatic carbocycles. The van der Waals surface area contributed by atoms with E-state index in [1.807, 2.05) is 0 Å². The molecule has 0 aromatic carbocycles. The van der Waals surface area contributed by atoms with Crippen molar-refractivity contribution in [2.75, 3.05) is 0 Å². The third-order valence-corrected chi connectivity index (χ3v) is 2.04. The molecule has 4 nitrogen and oxygen atoms in total. The van der Waals surface area contributed by atoms with E-state index in [2.05, 4.69) is 5.10 Å². The Morgan fingerprint density at radius 2 is 2.38 bits per heavy atom. The lowest BCUT2D eigenvalue weighted by Crippen LogP contribution is -2.14. The van der Waals surface area contributed by atoms with Crippen LogP contribution in [0.5, 0.6) is 0 Å². The number of carbonyl (C=O) groups is 1. The fourth-order valence-corrected chi connectivity index (χ4v) is 1.42. The summed E-state index contributed by atoms with van der Waals surface area (Å²) in [6, 6.07) is 5.01. The number of nitrogens with zero attached hydrogens (tertiary/aromatic N) is 2. The monoisotopic (exact) mass is 195 g/mol. The van der Waals surface area contributed by atoms with E-state index < -0.39 is 5.91 Å². The Balaban J connectivity index is 2.85. The van der Waals surface area contributed by atoms with Gasteiger partial charge in [0, 0.05) is 6.20 Å². The van der Waals surface area contributed by atoms with Crippen LogP contribution in [0.2, 0.25) is 5.02 Å². The summed E-state index contributed by atoms with van der Waals surface area (Å²) in [7, 11) is 0. The maximum Gasteiger partial charge on any atom is 0.267 e. The molecule has 0 aliphatic rings. The molecule has 5 heteroatoms. The van der Waals surface area contributed by atoms with Crippen LogP contribution in [0.3, 0.4) is 0 Å². The standard InChI is InChI=1S/C8H6ClN3O/c9-5-4-7(8(10)13)12-6(5)2-1-3-11-12/h1-4H,(H2,10,13). The highest BCUT2D eigenvalue weighted by Crippen LogP contribution is 2.20. The van der Waals surface area contributed by atoms with E-state index in [4.69, 9.17) is 17.3 Å². The van der Waals surface area contributed by atoms with Gasteiger partial charge in [-0.1, -0.05) is 11.6 Å². The van der Waals surface area contributed by atoms with E-state index in [9.17, 15) is 4.79 Å². The third-order valence-electron chi connectivity index (χ3n) is 1.74. The molecular weight excluding hydrogens is 190 g/mol. The Bertz CT molecular complexity index is 477. The molecule has 0 unspecified atom stereocenters. The summed E-state index contributed by atoms with van der Waals surface area (Å²) < 4.78 is 1.42. The summed E-state index contributed by atoms with van der Waals surface area (Å²) in [5, 5.41) is 4.43. The van der Waals surface area contributed by atoms with Crippen LogP contribution in [0, 0.1) is 0 Å². The van der Waals surface area contributed by atoms with E-state index in [-0.39, 0.29) is 0 Å². The highest BCUT2D eigenvalue weighted by molar-refractivity contribution is 6.34. The second-order valence-electron chi connectivity index (χ2n) is 2.56. The van der Waals surface area contributed by atoms with Crippen molar-refractivity contribution < 1.29 is 4.79 Å². The molecule has 0 saturated heterocycles. The molecule has 0 saturated carbocycles. The van der Waals surface area contributed by atoms with Gasteiger partial charge in [-0.25, -0.2) is 4.52 Å². The van der Waals surface area contributed by atoms with Gasteiger partial charge in [-0.15, -0.1) is 0 Å². The molecule has 2 aromatic heterocycles. The lowest BCUT2D eigenvalue weighted by Gasteiger charge is -1.95. The lowest BCUT2D eigenvalue weighted by molar-refractivity contribution is 0.0993. The van der Waals surface area contributed by atoms with Crippen LogP contribution in [0.15, 0.2) is 24.4 Å². The Labute approximate surface area is 78.9 Å². The zero-order chi connectivity index (χ0) is 9.42. The molecule has 0 fully saturated rings. The number of primary amides is 1. The molecule has 1 amide bonds. The highest BCUT2D eigenvalue weighted by Gasteiger charge is 2.11. The van der Waals surface area contributed by atoms with Gasteiger partial charge < -0.3 is 5.73 Å². The number of carbonyl (C=O) groups excluding carboxylic acids is 1. The molecule has 0 radical (unpaired) electrons. The molecule has 2 heterocycles. The molecule has 2 N–H and O–H groups in total. The fourth-order valence-electron chi connectivity index (χ4n) is 1.18.